The maximum absolute atomic E-state index is 5.71. The SMILES string of the molecule is c1ccc(C2N=C(c3ccc(-n4c5ccccc5c5cc6ccccc6cc54)cc3-c3c4ccccc4cc4sc5ccccc5c34)N=C(c3cccc4c5ccccc5n(-c5ccccc5)c34)N2)cc1. The molecule has 71 heavy (non-hydrogen) atoms. The number of aromatic nitrogens is 2. The zero-order chi connectivity index (χ0) is 46.6. The van der Waals surface area contributed by atoms with Gasteiger partial charge in [-0.3, -0.25) is 0 Å². The van der Waals surface area contributed by atoms with Crippen molar-refractivity contribution in [2.24, 2.45) is 9.98 Å². The van der Waals surface area contributed by atoms with Crippen molar-refractivity contribution in [3.63, 3.8) is 0 Å². The van der Waals surface area contributed by atoms with Gasteiger partial charge in [0.15, 0.2) is 5.84 Å². The van der Waals surface area contributed by atoms with Crippen molar-refractivity contribution in [1.82, 2.24) is 14.5 Å². The summed E-state index contributed by atoms with van der Waals surface area (Å²) >= 11 is 1.86. The summed E-state index contributed by atoms with van der Waals surface area (Å²) in [5, 5.41) is 16.0. The van der Waals surface area contributed by atoms with E-state index in [-0.39, 0.29) is 0 Å². The van der Waals surface area contributed by atoms with Gasteiger partial charge in [-0.05, 0) is 111 Å². The molecule has 1 unspecified atom stereocenters. The summed E-state index contributed by atoms with van der Waals surface area (Å²) in [6.45, 7) is 0. The van der Waals surface area contributed by atoms with E-state index in [0.29, 0.717) is 5.84 Å². The quantitative estimate of drug-likeness (QED) is 0.177. The first-order chi connectivity index (χ1) is 35.2. The van der Waals surface area contributed by atoms with Gasteiger partial charge in [-0.2, -0.15) is 0 Å². The lowest BCUT2D eigenvalue weighted by atomic mass is 9.89. The molecular weight excluding hydrogens is 883 g/mol. The van der Waals surface area contributed by atoms with Crippen molar-refractivity contribution in [3.8, 4) is 22.5 Å². The minimum atomic E-state index is -0.420. The average Bonchev–Trinajstić information content (AvgIpc) is 4.09. The summed E-state index contributed by atoms with van der Waals surface area (Å²) in [5.74, 6) is 1.44. The molecule has 0 radical (unpaired) electrons. The molecule has 15 rings (SSSR count). The lowest BCUT2D eigenvalue weighted by molar-refractivity contribution is 0.674. The first-order valence-corrected chi connectivity index (χ1v) is 25.0. The van der Waals surface area contributed by atoms with E-state index in [1.807, 2.05) is 11.3 Å². The number of benzene rings is 11. The van der Waals surface area contributed by atoms with Crippen LogP contribution in [0.25, 0.3) is 108 Å². The number of hydrogen-bond donors (Lipinski definition) is 1. The van der Waals surface area contributed by atoms with Gasteiger partial charge in [0.2, 0.25) is 0 Å². The van der Waals surface area contributed by atoms with Gasteiger partial charge in [-0.25, -0.2) is 9.98 Å². The highest BCUT2D eigenvalue weighted by Gasteiger charge is 2.28. The molecule has 5 nitrogen and oxygen atoms in total. The van der Waals surface area contributed by atoms with Crippen LogP contribution in [0.5, 0.6) is 0 Å². The van der Waals surface area contributed by atoms with E-state index < -0.39 is 6.17 Å². The highest BCUT2D eigenvalue weighted by Crippen LogP contribution is 2.47. The Morgan fingerprint density at radius 3 is 1.83 bits per heavy atom. The fourth-order valence-electron chi connectivity index (χ4n) is 11.4. The standard InChI is InChI=1S/C65H41N5S/c1-3-18-40(19-4-1)63-66-64(68-65(67-63)52-30-17-29-49-47-26-11-15-32-56(47)70(62(49)52)44-23-5-2-6-24-44)50-35-34-45(69-55-31-14-12-27-48(55)53-36-41-20-7-8-21-42(41)37-57(53)69)39-54(50)60-46-25-10-9-22-43(46)38-59-61(60)51-28-13-16-33-58(51)71-59/h1-39,63H,(H,66,67,68). The normalized spacial score (nSPS) is 14.1. The molecule has 14 aromatic rings. The second-order valence-electron chi connectivity index (χ2n) is 18.5. The van der Waals surface area contributed by atoms with E-state index in [4.69, 9.17) is 9.98 Å². The van der Waals surface area contributed by atoms with Crippen LogP contribution in [0, 0.1) is 0 Å². The van der Waals surface area contributed by atoms with Gasteiger partial charge in [0.1, 0.15) is 12.0 Å². The number of fused-ring (bicyclic) bond motifs is 11. The van der Waals surface area contributed by atoms with Gasteiger partial charge in [-0.15, -0.1) is 11.3 Å². The largest absolute Gasteiger partial charge is 0.344 e. The Labute approximate surface area is 412 Å². The molecule has 1 atom stereocenters. The molecule has 0 aliphatic carbocycles. The number of nitrogens with one attached hydrogen (secondary N) is 1. The van der Waals surface area contributed by atoms with Crippen LogP contribution in [0.1, 0.15) is 22.9 Å². The Kier molecular flexibility index (Phi) is 8.82. The summed E-state index contributed by atoms with van der Waals surface area (Å²) in [7, 11) is 0. The summed E-state index contributed by atoms with van der Waals surface area (Å²) in [4.78, 5) is 11.3. The van der Waals surface area contributed by atoms with Gasteiger partial charge < -0.3 is 14.5 Å². The monoisotopic (exact) mass is 923 g/mol. The van der Waals surface area contributed by atoms with Gasteiger partial charge in [0.25, 0.3) is 0 Å². The number of para-hydroxylation sites is 4. The molecule has 1 N–H and O–H groups in total. The molecule has 0 fully saturated rings. The molecule has 1 aliphatic rings. The number of nitrogens with zero attached hydrogens (tertiary/aromatic N) is 4. The lowest BCUT2D eigenvalue weighted by Gasteiger charge is -2.26. The Balaban J connectivity index is 1.05. The molecule has 332 valence electrons. The summed E-state index contributed by atoms with van der Waals surface area (Å²) in [6.07, 6.45) is -0.420. The number of hydrogen-bond acceptors (Lipinski definition) is 4. The average molecular weight is 924 g/mol. The number of aliphatic imine (C=N–C) groups is 2. The molecule has 4 heterocycles. The molecule has 1 aliphatic heterocycles. The van der Waals surface area contributed by atoms with Gasteiger partial charge >= 0.3 is 0 Å². The van der Waals surface area contributed by atoms with E-state index in [1.165, 1.54) is 74.3 Å². The van der Waals surface area contributed by atoms with E-state index >= 15 is 0 Å². The summed E-state index contributed by atoms with van der Waals surface area (Å²) in [5.41, 5.74) is 12.0. The number of thiophene rings is 1. The molecule has 6 heteroatoms. The molecule has 0 saturated carbocycles. The topological polar surface area (TPSA) is 46.6 Å². The fourth-order valence-corrected chi connectivity index (χ4v) is 12.6. The zero-order valence-electron chi connectivity index (χ0n) is 38.3. The van der Waals surface area contributed by atoms with Crippen molar-refractivity contribution >= 4 is 108 Å². The third-order valence-corrected chi connectivity index (χ3v) is 15.6. The van der Waals surface area contributed by atoms with Crippen LogP contribution in [0.3, 0.4) is 0 Å². The van der Waals surface area contributed by atoms with Crippen molar-refractivity contribution in [2.45, 2.75) is 6.17 Å². The predicted octanol–water partition coefficient (Wildman–Crippen LogP) is 16.7. The van der Waals surface area contributed by atoms with Gasteiger partial charge in [0, 0.05) is 64.2 Å². The lowest BCUT2D eigenvalue weighted by Crippen LogP contribution is -2.34. The molecule has 0 bridgehead atoms. The van der Waals surface area contributed by atoms with Crippen LogP contribution < -0.4 is 5.32 Å². The Bertz CT molecular complexity index is 4560. The fraction of sp³-hybridized carbons (Fsp3) is 0.0154. The van der Waals surface area contributed by atoms with Crippen molar-refractivity contribution in [1.29, 1.82) is 0 Å². The third-order valence-electron chi connectivity index (χ3n) is 14.5. The molecule has 0 amide bonds. The molecule has 0 saturated heterocycles. The molecular formula is C65H41N5S. The maximum Gasteiger partial charge on any atom is 0.160 e. The Morgan fingerprint density at radius 1 is 0.394 bits per heavy atom. The smallest absolute Gasteiger partial charge is 0.160 e. The van der Waals surface area contributed by atoms with Gasteiger partial charge in [0.05, 0.1) is 22.1 Å². The van der Waals surface area contributed by atoms with E-state index in [0.717, 1.165) is 56.0 Å². The Hall–Kier alpha value is -9.10. The number of rotatable bonds is 6. The van der Waals surface area contributed by atoms with Crippen molar-refractivity contribution in [3.05, 3.63) is 253 Å². The van der Waals surface area contributed by atoms with Crippen LogP contribution in [0.4, 0.5) is 0 Å². The third kappa shape index (κ3) is 6.18. The van der Waals surface area contributed by atoms with E-state index in [9.17, 15) is 0 Å². The second kappa shape index (κ2) is 15.7. The van der Waals surface area contributed by atoms with Crippen LogP contribution in [-0.4, -0.2) is 20.8 Å². The summed E-state index contributed by atoms with van der Waals surface area (Å²) in [6, 6.07) is 85.8. The second-order valence-corrected chi connectivity index (χ2v) is 19.6. The van der Waals surface area contributed by atoms with Crippen LogP contribution >= 0.6 is 11.3 Å². The highest BCUT2D eigenvalue weighted by atomic mass is 32.1. The minimum absolute atomic E-state index is 0.420. The summed E-state index contributed by atoms with van der Waals surface area (Å²) < 4.78 is 7.35. The van der Waals surface area contributed by atoms with Crippen LogP contribution in [-0.2, 0) is 0 Å². The predicted molar refractivity (Wildman–Crippen MR) is 300 cm³/mol. The van der Waals surface area contributed by atoms with Crippen molar-refractivity contribution in [2.75, 3.05) is 0 Å². The van der Waals surface area contributed by atoms with E-state index in [1.54, 1.807) is 0 Å². The molecule has 0 spiro atoms. The van der Waals surface area contributed by atoms with Crippen molar-refractivity contribution < 1.29 is 0 Å². The van der Waals surface area contributed by atoms with Crippen LogP contribution in [0.15, 0.2) is 247 Å². The molecule has 3 aromatic heterocycles. The minimum Gasteiger partial charge on any atom is -0.344 e. The van der Waals surface area contributed by atoms with E-state index in [2.05, 4.69) is 251 Å². The molecule has 11 aromatic carbocycles. The first-order valence-electron chi connectivity index (χ1n) is 24.2. The van der Waals surface area contributed by atoms with Crippen LogP contribution in [0.2, 0.25) is 0 Å². The first kappa shape index (κ1) is 39.9. The Morgan fingerprint density at radius 2 is 1.03 bits per heavy atom. The zero-order valence-corrected chi connectivity index (χ0v) is 39.1. The van der Waals surface area contributed by atoms with Gasteiger partial charge in [-0.1, -0.05) is 164 Å². The highest BCUT2D eigenvalue weighted by molar-refractivity contribution is 7.26. The number of amidine groups is 2. The maximum atomic E-state index is 5.71.